The summed E-state index contributed by atoms with van der Waals surface area (Å²) in [5.41, 5.74) is 2.34. The number of nitrogens with zero attached hydrogens (tertiary/aromatic N) is 2. The molecule has 0 bridgehead atoms. The lowest BCUT2D eigenvalue weighted by Crippen LogP contribution is -2.11. The standard InChI is InChI=1S/C19H18BrN3O2/c1-2-25-18-5-3-4-15(10-18)19(24)22-17-11-21-23(13-17)12-14-6-8-16(20)9-7-14/h3-11,13H,2,12H2,1H3,(H,22,24). The van der Waals surface area contributed by atoms with E-state index in [0.717, 1.165) is 10.0 Å². The summed E-state index contributed by atoms with van der Waals surface area (Å²) in [4.78, 5) is 12.4. The summed E-state index contributed by atoms with van der Waals surface area (Å²) in [6, 6.07) is 15.2. The number of nitrogens with one attached hydrogen (secondary N) is 1. The first-order valence-electron chi connectivity index (χ1n) is 7.95. The monoisotopic (exact) mass is 399 g/mol. The molecule has 128 valence electrons. The van der Waals surface area contributed by atoms with Gasteiger partial charge in [-0.3, -0.25) is 9.48 Å². The van der Waals surface area contributed by atoms with Crippen LogP contribution in [-0.2, 0) is 6.54 Å². The average Bonchev–Trinajstić information content (AvgIpc) is 3.04. The van der Waals surface area contributed by atoms with Gasteiger partial charge in [-0.1, -0.05) is 34.1 Å². The maximum absolute atomic E-state index is 12.4. The Morgan fingerprint density at radius 3 is 2.80 bits per heavy atom. The Hall–Kier alpha value is -2.60. The Balaban J connectivity index is 1.65. The summed E-state index contributed by atoms with van der Waals surface area (Å²) < 4.78 is 8.25. The van der Waals surface area contributed by atoms with Crippen LogP contribution in [0, 0.1) is 0 Å². The lowest BCUT2D eigenvalue weighted by molar-refractivity contribution is 0.102. The Morgan fingerprint density at radius 2 is 2.04 bits per heavy atom. The van der Waals surface area contributed by atoms with Gasteiger partial charge in [-0.2, -0.15) is 5.10 Å². The Labute approximate surface area is 154 Å². The van der Waals surface area contributed by atoms with E-state index in [1.807, 2.05) is 43.5 Å². The molecule has 6 heteroatoms. The van der Waals surface area contributed by atoms with Crippen LogP contribution in [0.1, 0.15) is 22.8 Å². The van der Waals surface area contributed by atoms with Crippen molar-refractivity contribution in [2.75, 3.05) is 11.9 Å². The van der Waals surface area contributed by atoms with Gasteiger partial charge in [-0.05, 0) is 42.8 Å². The van der Waals surface area contributed by atoms with Gasteiger partial charge in [-0.15, -0.1) is 0 Å². The Kier molecular flexibility index (Phi) is 5.50. The quantitative estimate of drug-likeness (QED) is 0.670. The largest absolute Gasteiger partial charge is 0.494 e. The summed E-state index contributed by atoms with van der Waals surface area (Å²) in [6.45, 7) is 3.11. The van der Waals surface area contributed by atoms with Crippen LogP contribution in [0.4, 0.5) is 5.69 Å². The third-order valence-electron chi connectivity index (χ3n) is 3.56. The number of ether oxygens (including phenoxy) is 1. The fourth-order valence-electron chi connectivity index (χ4n) is 2.39. The number of hydrogen-bond acceptors (Lipinski definition) is 3. The molecular weight excluding hydrogens is 382 g/mol. The maximum Gasteiger partial charge on any atom is 0.255 e. The van der Waals surface area contributed by atoms with Crippen molar-refractivity contribution in [1.29, 1.82) is 0 Å². The number of benzene rings is 2. The first-order valence-corrected chi connectivity index (χ1v) is 8.74. The minimum Gasteiger partial charge on any atom is -0.494 e. The van der Waals surface area contributed by atoms with Gasteiger partial charge in [0, 0.05) is 16.2 Å². The molecular formula is C19H18BrN3O2. The van der Waals surface area contributed by atoms with E-state index in [1.54, 1.807) is 29.1 Å². The van der Waals surface area contributed by atoms with Crippen LogP contribution in [0.5, 0.6) is 5.75 Å². The zero-order valence-electron chi connectivity index (χ0n) is 13.8. The summed E-state index contributed by atoms with van der Waals surface area (Å²) in [5, 5.41) is 7.15. The van der Waals surface area contributed by atoms with Crippen molar-refractivity contribution in [3.8, 4) is 5.75 Å². The number of carbonyl (C=O) groups excluding carboxylic acids is 1. The number of hydrogen-bond donors (Lipinski definition) is 1. The predicted octanol–water partition coefficient (Wildman–Crippen LogP) is 4.34. The number of carbonyl (C=O) groups is 1. The molecule has 3 rings (SSSR count). The van der Waals surface area contributed by atoms with Gasteiger partial charge >= 0.3 is 0 Å². The number of anilines is 1. The molecule has 0 aliphatic carbocycles. The van der Waals surface area contributed by atoms with Crippen LogP contribution in [0.3, 0.4) is 0 Å². The van der Waals surface area contributed by atoms with Gasteiger partial charge in [0.15, 0.2) is 0 Å². The van der Waals surface area contributed by atoms with Crippen molar-refractivity contribution < 1.29 is 9.53 Å². The zero-order chi connectivity index (χ0) is 17.6. The molecule has 5 nitrogen and oxygen atoms in total. The molecule has 1 aromatic heterocycles. The normalized spacial score (nSPS) is 10.5. The smallest absolute Gasteiger partial charge is 0.255 e. The molecule has 0 atom stereocenters. The van der Waals surface area contributed by atoms with Gasteiger partial charge in [0.2, 0.25) is 0 Å². The van der Waals surface area contributed by atoms with Crippen molar-refractivity contribution in [3.63, 3.8) is 0 Å². The van der Waals surface area contributed by atoms with Gasteiger partial charge in [0.25, 0.3) is 5.91 Å². The zero-order valence-corrected chi connectivity index (χ0v) is 15.4. The molecule has 0 fully saturated rings. The highest BCUT2D eigenvalue weighted by molar-refractivity contribution is 9.10. The molecule has 0 aliphatic rings. The topological polar surface area (TPSA) is 56.1 Å². The van der Waals surface area contributed by atoms with E-state index in [1.165, 1.54) is 0 Å². The minimum atomic E-state index is -0.190. The van der Waals surface area contributed by atoms with Gasteiger partial charge < -0.3 is 10.1 Å². The highest BCUT2D eigenvalue weighted by atomic mass is 79.9. The molecule has 1 amide bonds. The van der Waals surface area contributed by atoms with Gasteiger partial charge in [-0.25, -0.2) is 0 Å². The fourth-order valence-corrected chi connectivity index (χ4v) is 2.65. The lowest BCUT2D eigenvalue weighted by Gasteiger charge is -2.06. The van der Waals surface area contributed by atoms with E-state index in [2.05, 4.69) is 26.3 Å². The van der Waals surface area contributed by atoms with Gasteiger partial charge in [0.05, 0.1) is 25.0 Å². The number of aromatic nitrogens is 2. The lowest BCUT2D eigenvalue weighted by atomic mass is 10.2. The summed E-state index contributed by atoms with van der Waals surface area (Å²) in [7, 11) is 0. The van der Waals surface area contributed by atoms with Crippen LogP contribution < -0.4 is 10.1 Å². The molecule has 0 saturated heterocycles. The molecule has 2 aromatic carbocycles. The third kappa shape index (κ3) is 4.70. The molecule has 0 aliphatic heterocycles. The first-order chi connectivity index (χ1) is 12.1. The van der Waals surface area contributed by atoms with Crippen molar-refractivity contribution in [1.82, 2.24) is 9.78 Å². The fraction of sp³-hybridized carbons (Fsp3) is 0.158. The molecule has 0 radical (unpaired) electrons. The Morgan fingerprint density at radius 1 is 1.24 bits per heavy atom. The highest BCUT2D eigenvalue weighted by Gasteiger charge is 2.09. The maximum atomic E-state index is 12.4. The number of amides is 1. The van der Waals surface area contributed by atoms with Crippen LogP contribution in [0.25, 0.3) is 0 Å². The molecule has 0 saturated carbocycles. The van der Waals surface area contributed by atoms with Crippen LogP contribution in [-0.4, -0.2) is 22.3 Å². The van der Waals surface area contributed by atoms with Crippen LogP contribution in [0.2, 0.25) is 0 Å². The van der Waals surface area contributed by atoms with E-state index >= 15 is 0 Å². The second-order valence-electron chi connectivity index (χ2n) is 5.47. The third-order valence-corrected chi connectivity index (χ3v) is 4.08. The number of rotatable bonds is 6. The summed E-state index contributed by atoms with van der Waals surface area (Å²) in [6.07, 6.45) is 3.45. The van der Waals surface area contributed by atoms with Crippen LogP contribution >= 0.6 is 15.9 Å². The molecule has 25 heavy (non-hydrogen) atoms. The average molecular weight is 400 g/mol. The van der Waals surface area contributed by atoms with E-state index in [4.69, 9.17) is 4.74 Å². The van der Waals surface area contributed by atoms with E-state index in [0.29, 0.717) is 30.2 Å². The molecule has 3 aromatic rings. The van der Waals surface area contributed by atoms with Gasteiger partial charge in [0.1, 0.15) is 5.75 Å². The van der Waals surface area contributed by atoms with Crippen molar-refractivity contribution in [2.45, 2.75) is 13.5 Å². The molecule has 1 N–H and O–H groups in total. The SMILES string of the molecule is CCOc1cccc(C(=O)Nc2cnn(Cc3ccc(Br)cc3)c2)c1. The highest BCUT2D eigenvalue weighted by Crippen LogP contribution is 2.16. The second kappa shape index (κ2) is 7.98. The van der Waals surface area contributed by atoms with Crippen molar-refractivity contribution in [2.24, 2.45) is 0 Å². The van der Waals surface area contributed by atoms with E-state index in [-0.39, 0.29) is 5.91 Å². The van der Waals surface area contributed by atoms with E-state index < -0.39 is 0 Å². The summed E-state index contributed by atoms with van der Waals surface area (Å²) >= 11 is 3.42. The van der Waals surface area contributed by atoms with E-state index in [9.17, 15) is 4.79 Å². The van der Waals surface area contributed by atoms with Crippen LogP contribution in [0.15, 0.2) is 65.4 Å². The van der Waals surface area contributed by atoms with Crippen molar-refractivity contribution >= 4 is 27.5 Å². The Bertz CT molecular complexity index is 859. The minimum absolute atomic E-state index is 0.190. The molecule has 1 heterocycles. The second-order valence-corrected chi connectivity index (χ2v) is 6.38. The first kappa shape index (κ1) is 17.2. The molecule has 0 unspecified atom stereocenters. The molecule has 0 spiro atoms. The number of halogens is 1. The van der Waals surface area contributed by atoms with Crippen molar-refractivity contribution in [3.05, 3.63) is 76.5 Å². The summed E-state index contributed by atoms with van der Waals surface area (Å²) in [5.74, 6) is 0.492. The predicted molar refractivity (Wildman–Crippen MR) is 101 cm³/mol.